The zero-order chi connectivity index (χ0) is 14.2. The molecule has 100 valence electrons. The maximum atomic E-state index is 11.3. The smallest absolute Gasteiger partial charge is 0.339 e. The molecule has 0 fully saturated rings. The maximum Gasteiger partial charge on any atom is 0.339 e. The third kappa shape index (κ3) is 2.82. The molecule has 4 nitrogen and oxygen atoms in total. The minimum atomic E-state index is -1.01. The van der Waals surface area contributed by atoms with Crippen LogP contribution in [-0.4, -0.2) is 20.9 Å². The van der Waals surface area contributed by atoms with E-state index >= 15 is 0 Å². The Kier molecular flexibility index (Phi) is 3.96. The van der Waals surface area contributed by atoms with E-state index in [4.69, 9.17) is 11.6 Å². The molecular formula is C13H12BrClN2O2. The van der Waals surface area contributed by atoms with Crippen LogP contribution in [0.2, 0.25) is 5.02 Å². The second kappa shape index (κ2) is 5.35. The van der Waals surface area contributed by atoms with Crippen LogP contribution in [0, 0.1) is 0 Å². The van der Waals surface area contributed by atoms with Gasteiger partial charge < -0.3 is 5.11 Å². The summed E-state index contributed by atoms with van der Waals surface area (Å²) in [6.45, 7) is 3.87. The fourth-order valence-corrected chi connectivity index (χ4v) is 2.46. The summed E-state index contributed by atoms with van der Waals surface area (Å²) in [5.41, 5.74) is 1.15. The van der Waals surface area contributed by atoms with Gasteiger partial charge in [-0.2, -0.15) is 5.10 Å². The van der Waals surface area contributed by atoms with Gasteiger partial charge in [0, 0.05) is 22.3 Å². The van der Waals surface area contributed by atoms with Gasteiger partial charge in [-0.1, -0.05) is 33.6 Å². The van der Waals surface area contributed by atoms with Crippen LogP contribution < -0.4 is 0 Å². The molecule has 1 heterocycles. The Bertz CT molecular complexity index is 638. The number of carboxylic acids is 1. The second-order valence-corrected chi connectivity index (χ2v) is 5.72. The van der Waals surface area contributed by atoms with Crippen molar-refractivity contribution in [2.75, 3.05) is 0 Å². The number of hydrogen-bond acceptors (Lipinski definition) is 2. The molecule has 2 aromatic rings. The number of carbonyl (C=O) groups is 1. The largest absolute Gasteiger partial charge is 0.478 e. The van der Waals surface area contributed by atoms with Gasteiger partial charge in [0.1, 0.15) is 11.3 Å². The average Bonchev–Trinajstić information content (AvgIpc) is 2.73. The summed E-state index contributed by atoms with van der Waals surface area (Å²) in [5, 5.41) is 14.1. The molecule has 0 bridgehead atoms. The Morgan fingerprint density at radius 1 is 1.47 bits per heavy atom. The molecule has 0 aliphatic rings. The topological polar surface area (TPSA) is 55.1 Å². The molecular weight excluding hydrogens is 332 g/mol. The van der Waals surface area contributed by atoms with E-state index in [9.17, 15) is 9.90 Å². The van der Waals surface area contributed by atoms with E-state index in [1.807, 2.05) is 13.8 Å². The molecule has 1 aromatic carbocycles. The summed E-state index contributed by atoms with van der Waals surface area (Å²) >= 11 is 9.48. The monoisotopic (exact) mass is 342 g/mol. The van der Waals surface area contributed by atoms with Crippen LogP contribution in [0.1, 0.15) is 30.2 Å². The molecule has 0 atom stereocenters. The molecule has 0 amide bonds. The van der Waals surface area contributed by atoms with Crippen molar-refractivity contribution in [2.24, 2.45) is 0 Å². The number of benzene rings is 1. The lowest BCUT2D eigenvalue weighted by atomic mass is 10.1. The number of hydrogen-bond donors (Lipinski definition) is 1. The fraction of sp³-hybridized carbons (Fsp3) is 0.231. The Labute approximate surface area is 124 Å². The quantitative estimate of drug-likeness (QED) is 0.906. The minimum Gasteiger partial charge on any atom is -0.478 e. The van der Waals surface area contributed by atoms with Gasteiger partial charge in [0.15, 0.2) is 0 Å². The van der Waals surface area contributed by atoms with Crippen molar-refractivity contribution < 1.29 is 9.90 Å². The molecule has 1 N–H and O–H groups in total. The van der Waals surface area contributed by atoms with Gasteiger partial charge in [-0.15, -0.1) is 0 Å². The highest BCUT2D eigenvalue weighted by Gasteiger charge is 2.20. The lowest BCUT2D eigenvalue weighted by Gasteiger charge is -2.05. The molecule has 19 heavy (non-hydrogen) atoms. The summed E-state index contributed by atoms with van der Waals surface area (Å²) < 4.78 is 2.46. The average molecular weight is 344 g/mol. The van der Waals surface area contributed by atoms with Gasteiger partial charge >= 0.3 is 5.97 Å². The van der Waals surface area contributed by atoms with E-state index in [-0.39, 0.29) is 11.6 Å². The van der Waals surface area contributed by atoms with Crippen LogP contribution in [-0.2, 0) is 0 Å². The Hall–Kier alpha value is -1.33. The molecule has 0 unspecified atom stereocenters. The van der Waals surface area contributed by atoms with E-state index in [0.717, 1.165) is 4.47 Å². The SMILES string of the molecule is CC(C)n1cc(C(=O)O)c(-c2ccc(Br)cc2Cl)n1. The lowest BCUT2D eigenvalue weighted by Crippen LogP contribution is -2.00. The zero-order valence-electron chi connectivity index (χ0n) is 10.4. The van der Waals surface area contributed by atoms with Gasteiger partial charge in [-0.05, 0) is 26.0 Å². The van der Waals surface area contributed by atoms with Crippen molar-refractivity contribution in [2.45, 2.75) is 19.9 Å². The first-order chi connectivity index (χ1) is 8.90. The van der Waals surface area contributed by atoms with E-state index in [1.54, 1.807) is 22.9 Å². The number of aromatic carboxylic acids is 1. The molecule has 6 heteroatoms. The predicted molar refractivity (Wildman–Crippen MR) is 77.7 cm³/mol. The lowest BCUT2D eigenvalue weighted by molar-refractivity contribution is 0.0697. The van der Waals surface area contributed by atoms with Crippen molar-refractivity contribution in [3.8, 4) is 11.3 Å². The van der Waals surface area contributed by atoms with Crippen molar-refractivity contribution in [1.82, 2.24) is 9.78 Å². The number of rotatable bonds is 3. The molecule has 0 spiro atoms. The first-order valence-corrected chi connectivity index (χ1v) is 6.85. The first-order valence-electron chi connectivity index (χ1n) is 5.68. The van der Waals surface area contributed by atoms with E-state index < -0.39 is 5.97 Å². The zero-order valence-corrected chi connectivity index (χ0v) is 12.7. The standard InChI is InChI=1S/C13H12BrClN2O2/c1-7(2)17-6-10(13(18)19)12(16-17)9-4-3-8(14)5-11(9)15/h3-7H,1-2H3,(H,18,19). The van der Waals surface area contributed by atoms with Gasteiger partial charge in [-0.25, -0.2) is 4.79 Å². The number of nitrogens with zero attached hydrogens (tertiary/aromatic N) is 2. The molecule has 0 aliphatic carbocycles. The van der Waals surface area contributed by atoms with Crippen LogP contribution in [0.15, 0.2) is 28.9 Å². The molecule has 0 saturated heterocycles. The third-order valence-corrected chi connectivity index (χ3v) is 3.48. The van der Waals surface area contributed by atoms with Crippen LogP contribution in [0.3, 0.4) is 0 Å². The molecule has 2 rings (SSSR count). The third-order valence-electron chi connectivity index (χ3n) is 2.68. The normalized spacial score (nSPS) is 11.0. The van der Waals surface area contributed by atoms with E-state index in [1.165, 1.54) is 6.20 Å². The molecule has 0 saturated carbocycles. The molecule has 0 aliphatic heterocycles. The summed E-state index contributed by atoms with van der Waals surface area (Å²) in [4.78, 5) is 11.3. The summed E-state index contributed by atoms with van der Waals surface area (Å²) in [6.07, 6.45) is 1.53. The minimum absolute atomic E-state index is 0.0843. The highest BCUT2D eigenvalue weighted by Crippen LogP contribution is 2.32. The highest BCUT2D eigenvalue weighted by atomic mass is 79.9. The first kappa shape index (κ1) is 14.1. The number of halogens is 2. The van der Waals surface area contributed by atoms with Gasteiger partial charge in [-0.3, -0.25) is 4.68 Å². The molecule has 1 aromatic heterocycles. The fourth-order valence-electron chi connectivity index (χ4n) is 1.69. The van der Waals surface area contributed by atoms with Crippen LogP contribution in [0.4, 0.5) is 0 Å². The summed E-state index contributed by atoms with van der Waals surface area (Å²) in [6, 6.07) is 5.37. The van der Waals surface area contributed by atoms with Crippen LogP contribution >= 0.6 is 27.5 Å². The second-order valence-electron chi connectivity index (χ2n) is 4.39. The van der Waals surface area contributed by atoms with Crippen LogP contribution in [0.5, 0.6) is 0 Å². The van der Waals surface area contributed by atoms with Gasteiger partial charge in [0.2, 0.25) is 0 Å². The van der Waals surface area contributed by atoms with E-state index in [0.29, 0.717) is 16.3 Å². The maximum absolute atomic E-state index is 11.3. The van der Waals surface area contributed by atoms with Crippen molar-refractivity contribution in [3.05, 3.63) is 39.5 Å². The summed E-state index contributed by atoms with van der Waals surface area (Å²) in [7, 11) is 0. The number of carboxylic acid groups (broad SMARTS) is 1. The van der Waals surface area contributed by atoms with Crippen LogP contribution in [0.25, 0.3) is 11.3 Å². The Morgan fingerprint density at radius 3 is 2.68 bits per heavy atom. The van der Waals surface area contributed by atoms with E-state index in [2.05, 4.69) is 21.0 Å². The molecule has 0 radical (unpaired) electrons. The summed E-state index contributed by atoms with van der Waals surface area (Å²) in [5.74, 6) is -1.01. The van der Waals surface area contributed by atoms with Crippen molar-refractivity contribution in [1.29, 1.82) is 0 Å². The highest BCUT2D eigenvalue weighted by molar-refractivity contribution is 9.10. The van der Waals surface area contributed by atoms with Gasteiger partial charge in [0.05, 0.1) is 5.02 Å². The van der Waals surface area contributed by atoms with Gasteiger partial charge in [0.25, 0.3) is 0 Å². The van der Waals surface area contributed by atoms with Crippen molar-refractivity contribution >= 4 is 33.5 Å². The number of aromatic nitrogens is 2. The Balaban J connectivity index is 2.63. The Morgan fingerprint density at radius 2 is 2.16 bits per heavy atom. The van der Waals surface area contributed by atoms with Crippen molar-refractivity contribution in [3.63, 3.8) is 0 Å². The predicted octanol–water partition coefficient (Wildman–Crippen LogP) is 4.25.